The molecule has 3 heterocycles. The van der Waals surface area contributed by atoms with Crippen LogP contribution in [-0.2, 0) is 16.8 Å². The summed E-state index contributed by atoms with van der Waals surface area (Å²) in [5.41, 5.74) is 1.77. The summed E-state index contributed by atoms with van der Waals surface area (Å²) in [5, 5.41) is 9.29. The lowest BCUT2D eigenvalue weighted by atomic mass is 9.95. The van der Waals surface area contributed by atoms with Gasteiger partial charge in [0.2, 0.25) is 11.8 Å². The Hall–Kier alpha value is -2.71. The van der Waals surface area contributed by atoms with Crippen molar-refractivity contribution < 1.29 is 13.9 Å². The first-order valence-electron chi connectivity index (χ1n) is 9.70. The molecule has 2 fully saturated rings. The third-order valence-corrected chi connectivity index (χ3v) is 6.38. The smallest absolute Gasteiger partial charge is 0.232 e. The van der Waals surface area contributed by atoms with Crippen molar-refractivity contribution in [3.8, 4) is 11.6 Å². The second kappa shape index (κ2) is 7.21. The summed E-state index contributed by atoms with van der Waals surface area (Å²) in [6, 6.07) is 8.41. The van der Waals surface area contributed by atoms with Gasteiger partial charge in [0.05, 0.1) is 19.0 Å². The van der Waals surface area contributed by atoms with Crippen LogP contribution in [0.25, 0.3) is 5.69 Å². The van der Waals surface area contributed by atoms with Crippen LogP contribution >= 0.6 is 11.6 Å². The highest BCUT2D eigenvalue weighted by molar-refractivity contribution is 6.31. The number of aromatic nitrogens is 4. The van der Waals surface area contributed by atoms with Gasteiger partial charge in [-0.05, 0) is 36.1 Å². The molecule has 1 saturated carbocycles. The third kappa shape index (κ3) is 3.02. The number of nitrogens with zero attached hydrogens (tertiary/aromatic N) is 5. The number of anilines is 1. The molecule has 5 rings (SSSR count). The van der Waals surface area contributed by atoms with Crippen LogP contribution in [0.3, 0.4) is 0 Å². The van der Waals surface area contributed by atoms with Gasteiger partial charge in [0.15, 0.2) is 5.82 Å². The van der Waals surface area contributed by atoms with E-state index in [1.807, 2.05) is 16.7 Å². The highest BCUT2D eigenvalue weighted by Crippen LogP contribution is 2.60. The highest BCUT2D eigenvalue weighted by Gasteiger charge is 2.62. The zero-order valence-electron chi connectivity index (χ0n) is 16.7. The molecular weight excluding hydrogens is 409 g/mol. The van der Waals surface area contributed by atoms with E-state index in [0.29, 0.717) is 29.3 Å². The van der Waals surface area contributed by atoms with Crippen molar-refractivity contribution in [1.82, 2.24) is 19.7 Å². The molecule has 0 spiro atoms. The van der Waals surface area contributed by atoms with Gasteiger partial charge >= 0.3 is 0 Å². The van der Waals surface area contributed by atoms with Crippen molar-refractivity contribution in [2.45, 2.75) is 18.4 Å². The van der Waals surface area contributed by atoms with Gasteiger partial charge in [0.1, 0.15) is 12.4 Å². The number of methoxy groups -OCH3 is 2. The van der Waals surface area contributed by atoms with E-state index in [-0.39, 0.29) is 11.2 Å². The van der Waals surface area contributed by atoms with Gasteiger partial charge in [-0.25, -0.2) is 9.37 Å². The predicted molar refractivity (Wildman–Crippen MR) is 110 cm³/mol. The molecule has 2 atom stereocenters. The molecule has 1 saturated heterocycles. The van der Waals surface area contributed by atoms with Crippen LogP contribution in [-0.4, -0.2) is 47.1 Å². The summed E-state index contributed by atoms with van der Waals surface area (Å²) in [4.78, 5) is 6.53. The van der Waals surface area contributed by atoms with Crippen LogP contribution in [0.15, 0.2) is 36.5 Å². The molecular formula is C21H21ClFN5O2. The van der Waals surface area contributed by atoms with Gasteiger partial charge in [-0.1, -0.05) is 17.7 Å². The highest BCUT2D eigenvalue weighted by atomic mass is 35.5. The van der Waals surface area contributed by atoms with E-state index in [4.69, 9.17) is 21.1 Å². The standard InChI is InChI=1S/C21H21ClFN5O2/c1-29-11-18-25-26-20(28(18)15-4-6-19(30-2)24-9-15)27-10-13-8-21(13,12-27)16-5-3-14(23)7-17(16)22/h3-7,9,13H,8,10-12H2,1-2H3/t13-,21-/m1/s1. The average molecular weight is 430 g/mol. The van der Waals surface area contributed by atoms with E-state index in [9.17, 15) is 4.39 Å². The maximum Gasteiger partial charge on any atom is 0.232 e. The average Bonchev–Trinajstić information content (AvgIpc) is 3.09. The number of halogens is 2. The Morgan fingerprint density at radius 2 is 2.10 bits per heavy atom. The summed E-state index contributed by atoms with van der Waals surface area (Å²) < 4.78 is 26.0. The molecule has 2 aromatic heterocycles. The quantitative estimate of drug-likeness (QED) is 0.598. The Kier molecular flexibility index (Phi) is 4.63. The topological polar surface area (TPSA) is 65.3 Å². The number of piperidine rings is 1. The van der Waals surface area contributed by atoms with Gasteiger partial charge < -0.3 is 14.4 Å². The fourth-order valence-corrected chi connectivity index (χ4v) is 4.93. The monoisotopic (exact) mass is 429 g/mol. The SMILES string of the molecule is COCc1nnc(N2C[C@H]3C[C@@]3(c3ccc(F)cc3Cl)C2)n1-c1ccc(OC)nc1. The van der Waals surface area contributed by atoms with Crippen molar-refractivity contribution >= 4 is 17.5 Å². The zero-order chi connectivity index (χ0) is 20.9. The molecule has 156 valence electrons. The normalized spacial score (nSPS) is 22.3. The molecule has 0 unspecified atom stereocenters. The van der Waals surface area contributed by atoms with E-state index >= 15 is 0 Å². The fraction of sp³-hybridized carbons (Fsp3) is 0.381. The molecule has 1 aliphatic heterocycles. The summed E-state index contributed by atoms with van der Waals surface area (Å²) >= 11 is 6.39. The number of fused-ring (bicyclic) bond motifs is 1. The minimum Gasteiger partial charge on any atom is -0.481 e. The number of pyridine rings is 1. The van der Waals surface area contributed by atoms with E-state index in [1.54, 1.807) is 26.5 Å². The Bertz CT molecular complexity index is 1090. The summed E-state index contributed by atoms with van der Waals surface area (Å²) in [6.07, 6.45) is 2.77. The summed E-state index contributed by atoms with van der Waals surface area (Å²) in [5.74, 6) is 2.09. The van der Waals surface area contributed by atoms with Crippen molar-refractivity contribution in [2.75, 3.05) is 32.2 Å². The summed E-state index contributed by atoms with van der Waals surface area (Å²) in [7, 11) is 3.21. The van der Waals surface area contributed by atoms with Crippen LogP contribution in [0.1, 0.15) is 17.8 Å². The second-order valence-corrected chi connectivity index (χ2v) is 8.21. The van der Waals surface area contributed by atoms with Crippen LogP contribution in [0.2, 0.25) is 5.02 Å². The first kappa shape index (κ1) is 19.3. The Balaban J connectivity index is 1.49. The Labute approximate surface area is 178 Å². The molecule has 30 heavy (non-hydrogen) atoms. The lowest BCUT2D eigenvalue weighted by Crippen LogP contribution is -2.29. The van der Waals surface area contributed by atoms with Gasteiger partial charge in [-0.15, -0.1) is 10.2 Å². The molecule has 0 radical (unpaired) electrons. The fourth-order valence-electron chi connectivity index (χ4n) is 4.57. The van der Waals surface area contributed by atoms with Crippen molar-refractivity contribution in [3.63, 3.8) is 0 Å². The largest absolute Gasteiger partial charge is 0.481 e. The van der Waals surface area contributed by atoms with Crippen LogP contribution in [0.5, 0.6) is 5.88 Å². The third-order valence-electron chi connectivity index (χ3n) is 6.07. The predicted octanol–water partition coefficient (Wildman–Crippen LogP) is 3.39. The van der Waals surface area contributed by atoms with E-state index < -0.39 is 0 Å². The minimum atomic E-state index is -0.317. The van der Waals surface area contributed by atoms with E-state index in [1.165, 1.54) is 12.1 Å². The van der Waals surface area contributed by atoms with Crippen LogP contribution in [0, 0.1) is 11.7 Å². The van der Waals surface area contributed by atoms with Crippen LogP contribution in [0.4, 0.5) is 10.3 Å². The van der Waals surface area contributed by atoms with Gasteiger partial charge in [0, 0.05) is 36.7 Å². The number of ether oxygens (including phenoxy) is 2. The number of hydrogen-bond donors (Lipinski definition) is 0. The summed E-state index contributed by atoms with van der Waals surface area (Å²) in [6.45, 7) is 1.91. The molecule has 0 N–H and O–H groups in total. The lowest BCUT2D eigenvalue weighted by Gasteiger charge is -2.23. The maximum atomic E-state index is 13.5. The molecule has 0 bridgehead atoms. The van der Waals surface area contributed by atoms with Crippen LogP contribution < -0.4 is 9.64 Å². The van der Waals surface area contributed by atoms with E-state index in [2.05, 4.69) is 20.1 Å². The molecule has 3 aromatic rings. The maximum absolute atomic E-state index is 13.5. The van der Waals surface area contributed by atoms with E-state index in [0.717, 1.165) is 36.7 Å². The number of rotatable bonds is 6. The second-order valence-electron chi connectivity index (χ2n) is 7.81. The lowest BCUT2D eigenvalue weighted by molar-refractivity contribution is 0.176. The minimum absolute atomic E-state index is 0.0683. The number of benzene rings is 1. The van der Waals surface area contributed by atoms with Gasteiger partial charge in [-0.3, -0.25) is 4.57 Å². The molecule has 9 heteroatoms. The Morgan fingerprint density at radius 3 is 2.80 bits per heavy atom. The molecule has 7 nitrogen and oxygen atoms in total. The van der Waals surface area contributed by atoms with Gasteiger partial charge in [0.25, 0.3) is 0 Å². The molecule has 1 aromatic carbocycles. The van der Waals surface area contributed by atoms with Gasteiger partial charge in [-0.2, -0.15) is 0 Å². The first-order chi connectivity index (χ1) is 14.6. The molecule has 0 amide bonds. The van der Waals surface area contributed by atoms with Crippen molar-refractivity contribution in [1.29, 1.82) is 0 Å². The first-order valence-corrected chi connectivity index (χ1v) is 10.1. The molecule has 2 aliphatic rings. The van der Waals surface area contributed by atoms with Crippen molar-refractivity contribution in [3.05, 3.63) is 58.8 Å². The molecule has 1 aliphatic carbocycles. The Morgan fingerprint density at radius 1 is 1.23 bits per heavy atom. The number of hydrogen-bond acceptors (Lipinski definition) is 6. The van der Waals surface area contributed by atoms with Crippen molar-refractivity contribution in [2.24, 2.45) is 5.92 Å². The zero-order valence-corrected chi connectivity index (χ0v) is 17.4.